The Bertz CT molecular complexity index is 565. The van der Waals surface area contributed by atoms with E-state index in [9.17, 15) is 4.79 Å². The number of hydrogen-bond acceptors (Lipinski definition) is 3. The molecule has 1 N–H and O–H groups in total. The molecule has 4 heteroatoms. The molecule has 0 fully saturated rings. The zero-order valence-corrected chi connectivity index (χ0v) is 11.0. The number of carbonyl (C=O) groups is 1. The third kappa shape index (κ3) is 3.31. The number of pyridine rings is 1. The van der Waals surface area contributed by atoms with Crippen molar-refractivity contribution in [3.05, 3.63) is 48.3 Å². The molecule has 0 radical (unpaired) electrons. The van der Waals surface area contributed by atoms with Crippen LogP contribution in [0.5, 0.6) is 5.75 Å². The number of nitrogens with zero attached hydrogens (tertiary/aromatic N) is 1. The molecule has 0 saturated carbocycles. The van der Waals surface area contributed by atoms with Crippen molar-refractivity contribution in [2.24, 2.45) is 0 Å². The highest BCUT2D eigenvalue weighted by atomic mass is 16.6. The molecular formula is C15H16N2O2. The maximum absolute atomic E-state index is 11.2. The average molecular weight is 256 g/mol. The summed E-state index contributed by atoms with van der Waals surface area (Å²) in [5.41, 5.74) is 3.26. The lowest BCUT2D eigenvalue weighted by Gasteiger charge is -2.06. The second kappa shape index (κ2) is 6.00. The Hall–Kier alpha value is -2.36. The van der Waals surface area contributed by atoms with Crippen molar-refractivity contribution >= 4 is 6.09 Å². The summed E-state index contributed by atoms with van der Waals surface area (Å²) in [6, 6.07) is 10.0. The van der Waals surface area contributed by atoms with E-state index < -0.39 is 6.09 Å². The van der Waals surface area contributed by atoms with Crippen molar-refractivity contribution < 1.29 is 9.53 Å². The summed E-state index contributed by atoms with van der Waals surface area (Å²) in [5.74, 6) is 0.427. The van der Waals surface area contributed by atoms with Gasteiger partial charge in [-0.2, -0.15) is 0 Å². The predicted octanol–water partition coefficient (Wildman–Crippen LogP) is 3.03. The SMILES string of the molecule is CCc1ccc(-c2cncc(OC(=O)NC)c2)cc1. The summed E-state index contributed by atoms with van der Waals surface area (Å²) in [7, 11) is 1.52. The fourth-order valence-corrected chi connectivity index (χ4v) is 1.72. The Kier molecular flexibility index (Phi) is 4.13. The van der Waals surface area contributed by atoms with Crippen LogP contribution in [0, 0.1) is 0 Å². The van der Waals surface area contributed by atoms with E-state index in [1.54, 1.807) is 12.3 Å². The Morgan fingerprint density at radius 2 is 1.95 bits per heavy atom. The molecule has 1 aromatic heterocycles. The molecule has 0 bridgehead atoms. The molecule has 0 saturated heterocycles. The average Bonchev–Trinajstić information content (AvgIpc) is 2.47. The van der Waals surface area contributed by atoms with E-state index in [1.165, 1.54) is 18.8 Å². The normalized spacial score (nSPS) is 10.0. The lowest BCUT2D eigenvalue weighted by atomic mass is 10.0. The number of ether oxygens (including phenoxy) is 1. The highest BCUT2D eigenvalue weighted by molar-refractivity contribution is 5.71. The van der Waals surface area contributed by atoms with Crippen molar-refractivity contribution in [3.63, 3.8) is 0 Å². The quantitative estimate of drug-likeness (QED) is 0.918. The lowest BCUT2D eigenvalue weighted by molar-refractivity contribution is 0.203. The van der Waals surface area contributed by atoms with Gasteiger partial charge in [0.05, 0.1) is 6.20 Å². The molecule has 98 valence electrons. The van der Waals surface area contributed by atoms with E-state index in [1.807, 2.05) is 12.1 Å². The molecule has 2 rings (SSSR count). The van der Waals surface area contributed by atoms with Crippen molar-refractivity contribution in [1.82, 2.24) is 10.3 Å². The van der Waals surface area contributed by atoms with E-state index >= 15 is 0 Å². The van der Waals surface area contributed by atoms with Gasteiger partial charge < -0.3 is 10.1 Å². The zero-order chi connectivity index (χ0) is 13.7. The van der Waals surface area contributed by atoms with Crippen LogP contribution < -0.4 is 10.1 Å². The first-order chi connectivity index (χ1) is 9.22. The molecule has 2 aromatic rings. The van der Waals surface area contributed by atoms with Gasteiger partial charge in [-0.15, -0.1) is 0 Å². The summed E-state index contributed by atoms with van der Waals surface area (Å²) >= 11 is 0. The minimum atomic E-state index is -0.500. The van der Waals surface area contributed by atoms with Gasteiger partial charge in [0.1, 0.15) is 0 Å². The van der Waals surface area contributed by atoms with Gasteiger partial charge in [0.2, 0.25) is 0 Å². The topological polar surface area (TPSA) is 51.2 Å². The van der Waals surface area contributed by atoms with E-state index in [2.05, 4.69) is 29.4 Å². The number of carbonyl (C=O) groups excluding carboxylic acids is 1. The molecule has 0 aliphatic carbocycles. The maximum atomic E-state index is 11.2. The van der Waals surface area contributed by atoms with Gasteiger partial charge in [-0.05, 0) is 23.6 Å². The van der Waals surface area contributed by atoms with Crippen LogP contribution in [0.3, 0.4) is 0 Å². The number of hydrogen-bond donors (Lipinski definition) is 1. The zero-order valence-electron chi connectivity index (χ0n) is 11.0. The molecule has 1 amide bonds. The molecule has 0 aliphatic rings. The van der Waals surface area contributed by atoms with E-state index in [4.69, 9.17) is 4.74 Å². The minimum Gasteiger partial charge on any atom is -0.409 e. The van der Waals surface area contributed by atoms with Gasteiger partial charge in [0, 0.05) is 18.8 Å². The predicted molar refractivity (Wildman–Crippen MR) is 74.1 cm³/mol. The van der Waals surface area contributed by atoms with Gasteiger partial charge in [0.15, 0.2) is 5.75 Å². The van der Waals surface area contributed by atoms with Crippen molar-refractivity contribution in [1.29, 1.82) is 0 Å². The molecule has 0 unspecified atom stereocenters. The lowest BCUT2D eigenvalue weighted by Crippen LogP contribution is -2.22. The summed E-state index contributed by atoms with van der Waals surface area (Å²) in [6.07, 6.45) is 3.77. The van der Waals surface area contributed by atoms with E-state index in [0.717, 1.165) is 17.5 Å². The molecule has 0 aliphatic heterocycles. The number of aryl methyl sites for hydroxylation is 1. The molecule has 1 heterocycles. The first-order valence-electron chi connectivity index (χ1n) is 6.17. The fourth-order valence-electron chi connectivity index (χ4n) is 1.72. The Labute approximate surface area is 112 Å². The second-order valence-corrected chi connectivity index (χ2v) is 4.10. The maximum Gasteiger partial charge on any atom is 0.412 e. The first-order valence-corrected chi connectivity index (χ1v) is 6.17. The molecule has 19 heavy (non-hydrogen) atoms. The molecule has 0 atom stereocenters. The number of nitrogens with one attached hydrogen (secondary N) is 1. The number of amides is 1. The minimum absolute atomic E-state index is 0.427. The number of rotatable bonds is 3. The van der Waals surface area contributed by atoms with Gasteiger partial charge in [-0.25, -0.2) is 4.79 Å². The largest absolute Gasteiger partial charge is 0.412 e. The third-order valence-corrected chi connectivity index (χ3v) is 2.82. The summed E-state index contributed by atoms with van der Waals surface area (Å²) in [5, 5.41) is 2.40. The fraction of sp³-hybridized carbons (Fsp3) is 0.200. The van der Waals surface area contributed by atoms with Crippen LogP contribution in [0.25, 0.3) is 11.1 Å². The molecule has 4 nitrogen and oxygen atoms in total. The summed E-state index contributed by atoms with van der Waals surface area (Å²) < 4.78 is 5.06. The Morgan fingerprint density at radius 1 is 1.21 bits per heavy atom. The third-order valence-electron chi connectivity index (χ3n) is 2.82. The molecule has 0 spiro atoms. The first kappa shape index (κ1) is 13.1. The summed E-state index contributed by atoms with van der Waals surface area (Å²) in [4.78, 5) is 15.2. The molecule has 1 aromatic carbocycles. The van der Waals surface area contributed by atoms with Gasteiger partial charge in [-0.3, -0.25) is 4.98 Å². The van der Waals surface area contributed by atoms with Crippen LogP contribution in [0.2, 0.25) is 0 Å². The Balaban J connectivity index is 2.24. The van der Waals surface area contributed by atoms with Gasteiger partial charge >= 0.3 is 6.09 Å². The van der Waals surface area contributed by atoms with Crippen LogP contribution in [0.1, 0.15) is 12.5 Å². The van der Waals surface area contributed by atoms with Crippen molar-refractivity contribution in [2.75, 3.05) is 7.05 Å². The summed E-state index contributed by atoms with van der Waals surface area (Å²) in [6.45, 7) is 2.12. The standard InChI is InChI=1S/C15H16N2O2/c1-3-11-4-6-12(7-5-11)13-8-14(10-17-9-13)19-15(18)16-2/h4-10H,3H2,1-2H3,(H,16,18). The number of aromatic nitrogens is 1. The van der Waals surface area contributed by atoms with Gasteiger partial charge in [0.25, 0.3) is 0 Å². The van der Waals surface area contributed by atoms with Crippen LogP contribution in [-0.2, 0) is 6.42 Å². The highest BCUT2D eigenvalue weighted by Gasteiger charge is 2.04. The Morgan fingerprint density at radius 3 is 2.58 bits per heavy atom. The van der Waals surface area contributed by atoms with Crippen molar-refractivity contribution in [3.8, 4) is 16.9 Å². The monoisotopic (exact) mass is 256 g/mol. The van der Waals surface area contributed by atoms with E-state index in [-0.39, 0.29) is 0 Å². The van der Waals surface area contributed by atoms with E-state index in [0.29, 0.717) is 5.75 Å². The van der Waals surface area contributed by atoms with Crippen LogP contribution in [0.15, 0.2) is 42.7 Å². The van der Waals surface area contributed by atoms with Crippen LogP contribution in [0.4, 0.5) is 4.79 Å². The number of benzene rings is 1. The molecular weight excluding hydrogens is 240 g/mol. The van der Waals surface area contributed by atoms with Crippen LogP contribution >= 0.6 is 0 Å². The van der Waals surface area contributed by atoms with Gasteiger partial charge in [-0.1, -0.05) is 31.2 Å². The second-order valence-electron chi connectivity index (χ2n) is 4.10. The van der Waals surface area contributed by atoms with Crippen LogP contribution in [-0.4, -0.2) is 18.1 Å². The smallest absolute Gasteiger partial charge is 0.409 e. The highest BCUT2D eigenvalue weighted by Crippen LogP contribution is 2.23. The van der Waals surface area contributed by atoms with Crippen molar-refractivity contribution in [2.45, 2.75) is 13.3 Å².